The maximum atomic E-state index is 13.5. The Hall–Kier alpha value is -3.09. The number of aromatic amines is 1. The van der Waals surface area contributed by atoms with Crippen LogP contribution in [0, 0.1) is 13.8 Å². The number of Topliss-reactive ketones (excluding diaryl/α,β-unsaturated/α-hetero) is 1. The zero-order chi connectivity index (χ0) is 21.4. The molecule has 1 aromatic carbocycles. The molecule has 0 saturated carbocycles. The molecule has 0 aliphatic carbocycles. The number of ketones is 1. The van der Waals surface area contributed by atoms with Gasteiger partial charge in [0.1, 0.15) is 11.4 Å². The number of carbonyl (C=O) groups is 3. The van der Waals surface area contributed by atoms with E-state index in [1.54, 1.807) is 24.8 Å². The van der Waals surface area contributed by atoms with E-state index in [4.69, 9.17) is 4.74 Å². The number of fused-ring (bicyclic) bond motifs is 1. The van der Waals surface area contributed by atoms with Gasteiger partial charge in [-0.3, -0.25) is 19.3 Å². The molecule has 1 N–H and O–H groups in total. The van der Waals surface area contributed by atoms with Crippen LogP contribution in [0.1, 0.15) is 58.3 Å². The smallest absolute Gasteiger partial charge is 0.275 e. The van der Waals surface area contributed by atoms with E-state index in [2.05, 4.69) is 4.98 Å². The van der Waals surface area contributed by atoms with E-state index in [0.29, 0.717) is 34.0 Å². The average molecular weight is 409 g/mol. The van der Waals surface area contributed by atoms with Crippen molar-refractivity contribution in [2.45, 2.75) is 46.1 Å². The lowest BCUT2D eigenvalue weighted by Crippen LogP contribution is -2.53. The van der Waals surface area contributed by atoms with E-state index in [1.807, 2.05) is 23.1 Å². The van der Waals surface area contributed by atoms with Gasteiger partial charge >= 0.3 is 0 Å². The lowest BCUT2D eigenvalue weighted by Gasteiger charge is -2.37. The number of nitrogens with one attached hydrogen (secondary N) is 1. The second-order valence-corrected chi connectivity index (χ2v) is 8.06. The number of carbonyl (C=O) groups excluding carboxylic acids is 3. The van der Waals surface area contributed by atoms with E-state index in [-0.39, 0.29) is 24.1 Å². The molecule has 1 saturated heterocycles. The van der Waals surface area contributed by atoms with Gasteiger partial charge in [-0.25, -0.2) is 0 Å². The summed E-state index contributed by atoms with van der Waals surface area (Å²) in [6.45, 7) is 6.65. The van der Waals surface area contributed by atoms with Crippen LogP contribution in [0.3, 0.4) is 0 Å². The lowest BCUT2D eigenvalue weighted by molar-refractivity contribution is -0.139. The molecule has 1 fully saturated rings. The number of hydrogen-bond donors (Lipinski definition) is 1. The van der Waals surface area contributed by atoms with Crippen molar-refractivity contribution in [3.8, 4) is 5.75 Å². The number of aromatic nitrogens is 1. The summed E-state index contributed by atoms with van der Waals surface area (Å²) >= 11 is 0. The Bertz CT molecular complexity index is 1000. The van der Waals surface area contributed by atoms with E-state index in [9.17, 15) is 14.4 Å². The standard InChI is InChI=1S/C23H27N3O4/c1-14-20(16(3)27)15(2)24-21(14)23(29)26-13-19(22(28)25-11-7-4-8-12-25)30-18-10-6-5-9-17(18)26/h5-6,9-10,19,24H,4,7-8,11-13H2,1-3H3/t19-/m1/s1. The summed E-state index contributed by atoms with van der Waals surface area (Å²) in [6.07, 6.45) is 2.37. The lowest BCUT2D eigenvalue weighted by atomic mass is 10.1. The minimum Gasteiger partial charge on any atom is -0.476 e. The fourth-order valence-electron chi connectivity index (χ4n) is 4.50. The third kappa shape index (κ3) is 3.49. The average Bonchev–Trinajstić information content (AvgIpc) is 3.06. The molecular formula is C23H27N3O4. The van der Waals surface area contributed by atoms with Crippen molar-refractivity contribution in [1.29, 1.82) is 0 Å². The summed E-state index contributed by atoms with van der Waals surface area (Å²) in [5.41, 5.74) is 2.85. The third-order valence-electron chi connectivity index (χ3n) is 5.97. The Kier molecular flexibility index (Phi) is 5.37. The predicted molar refractivity (Wildman–Crippen MR) is 113 cm³/mol. The number of H-pyrrole nitrogens is 1. The molecule has 0 spiro atoms. The van der Waals surface area contributed by atoms with Gasteiger partial charge in [0.2, 0.25) is 0 Å². The quantitative estimate of drug-likeness (QED) is 0.789. The molecular weight excluding hydrogens is 382 g/mol. The summed E-state index contributed by atoms with van der Waals surface area (Å²) in [6, 6.07) is 7.25. The van der Waals surface area contributed by atoms with Crippen molar-refractivity contribution in [2.24, 2.45) is 0 Å². The normalized spacial score (nSPS) is 18.6. The van der Waals surface area contributed by atoms with Crippen molar-refractivity contribution in [2.75, 3.05) is 24.5 Å². The zero-order valence-corrected chi connectivity index (χ0v) is 17.7. The van der Waals surface area contributed by atoms with Gasteiger partial charge in [-0.1, -0.05) is 12.1 Å². The van der Waals surface area contributed by atoms with Crippen LogP contribution in [0.25, 0.3) is 0 Å². The maximum Gasteiger partial charge on any atom is 0.275 e. The molecule has 4 rings (SSSR count). The number of piperidine rings is 1. The monoisotopic (exact) mass is 409 g/mol. The number of hydrogen-bond acceptors (Lipinski definition) is 4. The molecule has 2 aromatic rings. The van der Waals surface area contributed by atoms with Crippen LogP contribution in [0.4, 0.5) is 5.69 Å². The van der Waals surface area contributed by atoms with Gasteiger partial charge in [0.05, 0.1) is 12.2 Å². The van der Waals surface area contributed by atoms with Crippen molar-refractivity contribution >= 4 is 23.3 Å². The van der Waals surface area contributed by atoms with Crippen LogP contribution < -0.4 is 9.64 Å². The summed E-state index contributed by atoms with van der Waals surface area (Å²) in [4.78, 5) is 45.1. The third-order valence-corrected chi connectivity index (χ3v) is 5.97. The van der Waals surface area contributed by atoms with Gasteiger partial charge in [-0.2, -0.15) is 0 Å². The molecule has 158 valence electrons. The summed E-state index contributed by atoms with van der Waals surface area (Å²) in [5, 5.41) is 0. The van der Waals surface area contributed by atoms with Gasteiger partial charge in [0, 0.05) is 24.3 Å². The summed E-state index contributed by atoms with van der Waals surface area (Å²) < 4.78 is 6.01. The van der Waals surface area contributed by atoms with Crippen molar-refractivity contribution in [1.82, 2.24) is 9.88 Å². The Morgan fingerprint density at radius 3 is 2.43 bits per heavy atom. The first-order valence-electron chi connectivity index (χ1n) is 10.4. The van der Waals surface area contributed by atoms with Crippen LogP contribution in [-0.2, 0) is 4.79 Å². The van der Waals surface area contributed by atoms with Crippen LogP contribution in [0.5, 0.6) is 5.75 Å². The minimum absolute atomic E-state index is 0.0779. The second-order valence-electron chi connectivity index (χ2n) is 8.06. The molecule has 7 heteroatoms. The van der Waals surface area contributed by atoms with Crippen molar-refractivity contribution < 1.29 is 19.1 Å². The predicted octanol–water partition coefficient (Wildman–Crippen LogP) is 3.25. The van der Waals surface area contributed by atoms with Crippen LogP contribution in [0.2, 0.25) is 0 Å². The molecule has 0 radical (unpaired) electrons. The number of para-hydroxylation sites is 2. The van der Waals surface area contributed by atoms with Crippen LogP contribution in [0.15, 0.2) is 24.3 Å². The SMILES string of the molecule is CC(=O)c1c(C)[nH]c(C(=O)N2C[C@H](C(=O)N3CCCCC3)Oc3ccccc32)c1C. The number of ether oxygens (including phenoxy) is 1. The maximum absolute atomic E-state index is 13.5. The van der Waals surface area contributed by atoms with Crippen molar-refractivity contribution in [3.05, 3.63) is 46.8 Å². The second kappa shape index (κ2) is 7.97. The molecule has 30 heavy (non-hydrogen) atoms. The summed E-state index contributed by atoms with van der Waals surface area (Å²) in [7, 11) is 0. The number of benzene rings is 1. The van der Waals surface area contributed by atoms with E-state index in [0.717, 1.165) is 32.4 Å². The summed E-state index contributed by atoms with van der Waals surface area (Å²) in [5.74, 6) is 0.0853. The van der Waals surface area contributed by atoms with Gasteiger partial charge in [0.15, 0.2) is 11.9 Å². The van der Waals surface area contributed by atoms with Gasteiger partial charge in [-0.15, -0.1) is 0 Å². The van der Waals surface area contributed by atoms with Gasteiger partial charge in [0.25, 0.3) is 11.8 Å². The van der Waals surface area contributed by atoms with Gasteiger partial charge in [-0.05, 0) is 57.7 Å². The first-order chi connectivity index (χ1) is 14.4. The number of nitrogens with zero attached hydrogens (tertiary/aromatic N) is 2. The highest BCUT2D eigenvalue weighted by atomic mass is 16.5. The Labute approximate surface area is 176 Å². The number of amides is 2. The Morgan fingerprint density at radius 2 is 1.77 bits per heavy atom. The fraction of sp³-hybridized carbons (Fsp3) is 0.435. The topological polar surface area (TPSA) is 82.7 Å². The first kappa shape index (κ1) is 20.2. The molecule has 2 amide bonds. The molecule has 2 aliphatic heterocycles. The molecule has 7 nitrogen and oxygen atoms in total. The fourth-order valence-corrected chi connectivity index (χ4v) is 4.50. The van der Waals surface area contributed by atoms with E-state index >= 15 is 0 Å². The van der Waals surface area contributed by atoms with E-state index in [1.165, 1.54) is 6.92 Å². The van der Waals surface area contributed by atoms with Crippen LogP contribution in [-0.4, -0.2) is 53.2 Å². The number of rotatable bonds is 3. The van der Waals surface area contributed by atoms with E-state index < -0.39 is 6.10 Å². The van der Waals surface area contributed by atoms with Crippen molar-refractivity contribution in [3.63, 3.8) is 0 Å². The highest BCUT2D eigenvalue weighted by molar-refractivity contribution is 6.10. The molecule has 3 heterocycles. The Balaban J connectivity index is 1.68. The highest BCUT2D eigenvalue weighted by Gasteiger charge is 2.37. The zero-order valence-electron chi connectivity index (χ0n) is 17.7. The highest BCUT2D eigenvalue weighted by Crippen LogP contribution is 2.35. The molecule has 2 aliphatic rings. The number of aryl methyl sites for hydroxylation is 1. The molecule has 0 bridgehead atoms. The molecule has 1 atom stereocenters. The van der Waals surface area contributed by atoms with Gasteiger partial charge < -0.3 is 14.6 Å². The first-order valence-corrected chi connectivity index (χ1v) is 10.4. The minimum atomic E-state index is -0.745. The molecule has 1 aromatic heterocycles. The largest absolute Gasteiger partial charge is 0.476 e. The number of anilines is 1. The Morgan fingerprint density at radius 1 is 1.07 bits per heavy atom. The molecule has 0 unspecified atom stereocenters. The van der Waals surface area contributed by atoms with Crippen LogP contribution >= 0.6 is 0 Å². The number of likely N-dealkylation sites (tertiary alicyclic amines) is 1.